The van der Waals surface area contributed by atoms with Crippen molar-refractivity contribution in [3.8, 4) is 0 Å². The van der Waals surface area contributed by atoms with Gasteiger partial charge in [-0.1, -0.05) is 26.8 Å². The molecule has 1 aliphatic rings. The molecule has 1 aromatic rings. The molecule has 1 aliphatic heterocycles. The largest absolute Gasteiger partial charge is 0.381 e. The van der Waals surface area contributed by atoms with E-state index in [0.29, 0.717) is 5.69 Å². The van der Waals surface area contributed by atoms with Gasteiger partial charge < -0.3 is 10.1 Å². The second kappa shape index (κ2) is 6.55. The Balaban J connectivity index is 1.91. The van der Waals surface area contributed by atoms with Crippen molar-refractivity contribution in [1.29, 1.82) is 0 Å². The fraction of sp³-hybridized carbons (Fsp3) is 0.625. The van der Waals surface area contributed by atoms with Crippen LogP contribution in [0, 0.1) is 5.82 Å². The third-order valence-electron chi connectivity index (χ3n) is 3.68. The van der Waals surface area contributed by atoms with Gasteiger partial charge in [0.1, 0.15) is 5.82 Å². The Morgan fingerprint density at radius 3 is 2.60 bits per heavy atom. The maximum Gasteiger partial charge on any atom is 0.146 e. The topological polar surface area (TPSA) is 24.5 Å². The van der Waals surface area contributed by atoms with Crippen molar-refractivity contribution in [2.45, 2.75) is 26.2 Å². The summed E-state index contributed by atoms with van der Waals surface area (Å²) in [6, 6.07) is 5.34. The highest BCUT2D eigenvalue weighted by atomic mass is 19.1. The number of anilines is 1. The van der Waals surface area contributed by atoms with Gasteiger partial charge in [0.25, 0.3) is 0 Å². The summed E-state index contributed by atoms with van der Waals surface area (Å²) < 4.78 is 19.1. The lowest BCUT2D eigenvalue weighted by Gasteiger charge is -2.27. The molecule has 0 atom stereocenters. The molecule has 0 bridgehead atoms. The Kier molecular flexibility index (Phi) is 5.00. The van der Waals surface area contributed by atoms with Gasteiger partial charge in [-0.3, -0.25) is 4.90 Å². The van der Waals surface area contributed by atoms with Gasteiger partial charge in [0.2, 0.25) is 0 Å². The minimum atomic E-state index is -0.181. The molecule has 0 radical (unpaired) electrons. The predicted molar refractivity (Wildman–Crippen MR) is 80.8 cm³/mol. The normalized spacial score (nSPS) is 17.2. The Hall–Kier alpha value is -1.13. The zero-order valence-electron chi connectivity index (χ0n) is 12.7. The number of nitrogens with zero attached hydrogens (tertiary/aromatic N) is 1. The first-order valence-corrected chi connectivity index (χ1v) is 7.31. The molecule has 1 heterocycles. The summed E-state index contributed by atoms with van der Waals surface area (Å²) >= 11 is 0. The summed E-state index contributed by atoms with van der Waals surface area (Å²) in [6.45, 7) is 11.6. The maximum absolute atomic E-state index is 13.8. The summed E-state index contributed by atoms with van der Waals surface area (Å²) in [5.41, 5.74) is 1.78. The molecule has 0 unspecified atom stereocenters. The Morgan fingerprint density at radius 2 is 1.95 bits per heavy atom. The van der Waals surface area contributed by atoms with Gasteiger partial charge in [-0.2, -0.15) is 0 Å². The summed E-state index contributed by atoms with van der Waals surface area (Å²) in [5, 5.41) is 3.22. The standard InChI is InChI=1S/C16H25FN2O/c1-16(2,3)13-4-5-14(17)15(12-13)18-6-7-19-8-10-20-11-9-19/h4-5,12,18H,6-11H2,1-3H3. The molecule has 0 spiro atoms. The number of benzene rings is 1. The lowest BCUT2D eigenvalue weighted by Crippen LogP contribution is -2.39. The van der Waals surface area contributed by atoms with Crippen LogP contribution in [-0.2, 0) is 10.2 Å². The van der Waals surface area contributed by atoms with Crippen LogP contribution in [0.1, 0.15) is 26.3 Å². The highest BCUT2D eigenvalue weighted by Gasteiger charge is 2.16. The number of ether oxygens (including phenoxy) is 1. The van der Waals surface area contributed by atoms with Crippen molar-refractivity contribution >= 4 is 5.69 Å². The van der Waals surface area contributed by atoms with E-state index in [1.165, 1.54) is 0 Å². The Bertz CT molecular complexity index is 437. The SMILES string of the molecule is CC(C)(C)c1ccc(F)c(NCCN2CCOCC2)c1. The molecule has 1 saturated heterocycles. The van der Waals surface area contributed by atoms with Crippen LogP contribution in [0.5, 0.6) is 0 Å². The highest BCUT2D eigenvalue weighted by Crippen LogP contribution is 2.26. The average molecular weight is 280 g/mol. The third kappa shape index (κ3) is 4.18. The number of hydrogen-bond donors (Lipinski definition) is 1. The van der Waals surface area contributed by atoms with Crippen LogP contribution in [0.25, 0.3) is 0 Å². The van der Waals surface area contributed by atoms with Crippen LogP contribution >= 0.6 is 0 Å². The summed E-state index contributed by atoms with van der Waals surface area (Å²) in [4.78, 5) is 2.34. The Labute approximate surface area is 121 Å². The fourth-order valence-electron chi connectivity index (χ4n) is 2.30. The lowest BCUT2D eigenvalue weighted by molar-refractivity contribution is 0.0398. The molecule has 1 fully saturated rings. The molecule has 3 nitrogen and oxygen atoms in total. The van der Waals surface area contributed by atoms with E-state index in [4.69, 9.17) is 4.74 Å². The first kappa shape index (κ1) is 15.3. The smallest absolute Gasteiger partial charge is 0.146 e. The number of nitrogens with one attached hydrogen (secondary N) is 1. The molecule has 112 valence electrons. The quantitative estimate of drug-likeness (QED) is 0.918. The molecule has 0 amide bonds. The maximum atomic E-state index is 13.8. The van der Waals surface area contributed by atoms with Crippen molar-refractivity contribution in [3.05, 3.63) is 29.6 Å². The zero-order valence-corrected chi connectivity index (χ0v) is 12.7. The zero-order chi connectivity index (χ0) is 14.6. The average Bonchev–Trinajstić information content (AvgIpc) is 2.41. The van der Waals surface area contributed by atoms with Gasteiger partial charge in [-0.05, 0) is 23.1 Å². The van der Waals surface area contributed by atoms with E-state index in [1.807, 2.05) is 12.1 Å². The number of morpholine rings is 1. The Morgan fingerprint density at radius 1 is 1.25 bits per heavy atom. The van der Waals surface area contributed by atoms with Crippen LogP contribution in [0.4, 0.5) is 10.1 Å². The van der Waals surface area contributed by atoms with Crippen LogP contribution in [-0.4, -0.2) is 44.3 Å². The highest BCUT2D eigenvalue weighted by molar-refractivity contribution is 5.48. The molecule has 0 aromatic heterocycles. The second-order valence-electron chi connectivity index (χ2n) is 6.33. The van der Waals surface area contributed by atoms with Gasteiger partial charge in [-0.25, -0.2) is 4.39 Å². The van der Waals surface area contributed by atoms with Crippen LogP contribution in [0.2, 0.25) is 0 Å². The van der Waals surface area contributed by atoms with Crippen molar-refractivity contribution in [2.75, 3.05) is 44.7 Å². The van der Waals surface area contributed by atoms with E-state index in [-0.39, 0.29) is 11.2 Å². The number of halogens is 1. The molecule has 2 rings (SSSR count). The first-order chi connectivity index (χ1) is 9.47. The van der Waals surface area contributed by atoms with E-state index in [9.17, 15) is 4.39 Å². The van der Waals surface area contributed by atoms with Crippen molar-refractivity contribution in [2.24, 2.45) is 0 Å². The van der Waals surface area contributed by atoms with E-state index in [0.717, 1.165) is 45.0 Å². The van der Waals surface area contributed by atoms with Crippen molar-refractivity contribution in [1.82, 2.24) is 4.90 Å². The monoisotopic (exact) mass is 280 g/mol. The van der Waals surface area contributed by atoms with E-state index in [1.54, 1.807) is 6.07 Å². The molecule has 1 aromatic carbocycles. The molecule has 0 saturated carbocycles. The minimum Gasteiger partial charge on any atom is -0.381 e. The fourth-order valence-corrected chi connectivity index (χ4v) is 2.30. The van der Waals surface area contributed by atoms with Crippen molar-refractivity contribution in [3.63, 3.8) is 0 Å². The summed E-state index contributed by atoms with van der Waals surface area (Å²) in [6.07, 6.45) is 0. The van der Waals surface area contributed by atoms with Gasteiger partial charge in [-0.15, -0.1) is 0 Å². The van der Waals surface area contributed by atoms with Gasteiger partial charge in [0, 0.05) is 26.2 Å². The first-order valence-electron chi connectivity index (χ1n) is 7.31. The van der Waals surface area contributed by atoms with E-state index >= 15 is 0 Å². The van der Waals surface area contributed by atoms with E-state index < -0.39 is 0 Å². The minimum absolute atomic E-state index is 0.0361. The summed E-state index contributed by atoms with van der Waals surface area (Å²) in [7, 11) is 0. The molecule has 20 heavy (non-hydrogen) atoms. The third-order valence-corrected chi connectivity index (χ3v) is 3.68. The molecular formula is C16H25FN2O. The molecule has 4 heteroatoms. The van der Waals surface area contributed by atoms with Crippen LogP contribution in [0.3, 0.4) is 0 Å². The van der Waals surface area contributed by atoms with Crippen molar-refractivity contribution < 1.29 is 9.13 Å². The van der Waals surface area contributed by atoms with Gasteiger partial charge in [0.05, 0.1) is 18.9 Å². The van der Waals surface area contributed by atoms with E-state index in [2.05, 4.69) is 31.0 Å². The van der Waals surface area contributed by atoms with Crippen LogP contribution < -0.4 is 5.32 Å². The summed E-state index contributed by atoms with van der Waals surface area (Å²) in [5.74, 6) is -0.181. The number of rotatable bonds is 4. The molecule has 1 N–H and O–H groups in total. The number of hydrogen-bond acceptors (Lipinski definition) is 3. The molecular weight excluding hydrogens is 255 g/mol. The molecule has 0 aliphatic carbocycles. The predicted octanol–water partition coefficient (Wildman–Crippen LogP) is 2.87. The van der Waals surface area contributed by atoms with Gasteiger partial charge in [0.15, 0.2) is 0 Å². The second-order valence-corrected chi connectivity index (χ2v) is 6.33. The van der Waals surface area contributed by atoms with Gasteiger partial charge >= 0.3 is 0 Å². The lowest BCUT2D eigenvalue weighted by atomic mass is 9.87. The van der Waals surface area contributed by atoms with Crippen LogP contribution in [0.15, 0.2) is 18.2 Å².